The second-order valence-corrected chi connectivity index (χ2v) is 4.88. The van der Waals surface area contributed by atoms with Gasteiger partial charge in [-0.2, -0.15) is 0 Å². The van der Waals surface area contributed by atoms with E-state index < -0.39 is 6.10 Å². The predicted octanol–water partition coefficient (Wildman–Crippen LogP) is 1.11. The molecular weight excluding hydrogens is 176 g/mol. The summed E-state index contributed by atoms with van der Waals surface area (Å²) in [5.74, 6) is 1.89. The first-order valence-electron chi connectivity index (χ1n) is 5.44. The third-order valence-corrected chi connectivity index (χ3v) is 4.15. The van der Waals surface area contributed by atoms with Crippen molar-refractivity contribution >= 4 is 0 Å². The van der Waals surface area contributed by atoms with E-state index in [0.717, 1.165) is 5.57 Å². The van der Waals surface area contributed by atoms with E-state index in [0.29, 0.717) is 23.7 Å². The van der Waals surface area contributed by atoms with Crippen molar-refractivity contribution < 1.29 is 10.2 Å². The number of hydrogen-bond acceptors (Lipinski definition) is 2. The SMILES string of the molecule is C[C@@H](O)C1=C[C@H](O)[C@H]2[C@@H]1[C@H]1C=C[C@@H]2C1. The molecule has 6 atom stereocenters. The fourth-order valence-electron chi connectivity index (χ4n) is 3.63. The van der Waals surface area contributed by atoms with Crippen molar-refractivity contribution in [1.29, 1.82) is 0 Å². The Bertz CT molecular complexity index is 316. The van der Waals surface area contributed by atoms with Gasteiger partial charge in [0.05, 0.1) is 12.2 Å². The Morgan fingerprint density at radius 1 is 1.36 bits per heavy atom. The predicted molar refractivity (Wildman–Crippen MR) is 53.5 cm³/mol. The summed E-state index contributed by atoms with van der Waals surface area (Å²) in [7, 11) is 0. The molecule has 2 N–H and O–H groups in total. The van der Waals surface area contributed by atoms with E-state index in [-0.39, 0.29) is 6.10 Å². The lowest BCUT2D eigenvalue weighted by molar-refractivity contribution is 0.126. The monoisotopic (exact) mass is 192 g/mol. The number of aliphatic hydroxyl groups is 2. The van der Waals surface area contributed by atoms with E-state index in [1.54, 1.807) is 6.92 Å². The Labute approximate surface area is 83.9 Å². The van der Waals surface area contributed by atoms with Crippen LogP contribution >= 0.6 is 0 Å². The van der Waals surface area contributed by atoms with Gasteiger partial charge >= 0.3 is 0 Å². The van der Waals surface area contributed by atoms with E-state index in [4.69, 9.17) is 0 Å². The summed E-state index contributed by atoms with van der Waals surface area (Å²) in [6, 6.07) is 0. The highest BCUT2D eigenvalue weighted by atomic mass is 16.3. The Kier molecular flexibility index (Phi) is 1.68. The van der Waals surface area contributed by atoms with E-state index in [9.17, 15) is 10.2 Å². The van der Waals surface area contributed by atoms with Crippen molar-refractivity contribution in [2.75, 3.05) is 0 Å². The molecule has 0 aliphatic heterocycles. The summed E-state index contributed by atoms with van der Waals surface area (Å²) in [5.41, 5.74) is 1.07. The summed E-state index contributed by atoms with van der Waals surface area (Å²) >= 11 is 0. The highest BCUT2D eigenvalue weighted by Gasteiger charge is 2.52. The fourth-order valence-corrected chi connectivity index (χ4v) is 3.63. The molecule has 0 heterocycles. The highest BCUT2D eigenvalue weighted by molar-refractivity contribution is 5.32. The number of fused-ring (bicyclic) bond motifs is 5. The van der Waals surface area contributed by atoms with Gasteiger partial charge in [-0.25, -0.2) is 0 Å². The maximum atomic E-state index is 9.92. The molecule has 0 aromatic heterocycles. The van der Waals surface area contributed by atoms with Gasteiger partial charge in [-0.05, 0) is 36.7 Å². The maximum absolute atomic E-state index is 9.92. The first-order valence-corrected chi connectivity index (χ1v) is 5.44. The van der Waals surface area contributed by atoms with E-state index in [2.05, 4.69) is 12.2 Å². The topological polar surface area (TPSA) is 40.5 Å². The van der Waals surface area contributed by atoms with Gasteiger partial charge in [0.2, 0.25) is 0 Å². The third-order valence-electron chi connectivity index (χ3n) is 4.15. The van der Waals surface area contributed by atoms with E-state index in [1.165, 1.54) is 6.42 Å². The number of hydrogen-bond donors (Lipinski definition) is 2. The zero-order valence-corrected chi connectivity index (χ0v) is 8.30. The molecule has 3 aliphatic carbocycles. The second kappa shape index (κ2) is 2.71. The quantitative estimate of drug-likeness (QED) is 0.611. The lowest BCUT2D eigenvalue weighted by Crippen LogP contribution is -2.26. The van der Waals surface area contributed by atoms with Crippen LogP contribution in [-0.4, -0.2) is 22.4 Å². The summed E-state index contributed by atoms with van der Waals surface area (Å²) in [6.07, 6.45) is 6.84. The van der Waals surface area contributed by atoms with Crippen LogP contribution in [0.5, 0.6) is 0 Å². The molecule has 2 nitrogen and oxygen atoms in total. The van der Waals surface area contributed by atoms with E-state index >= 15 is 0 Å². The van der Waals surface area contributed by atoms with Gasteiger partial charge in [-0.1, -0.05) is 18.2 Å². The first kappa shape index (κ1) is 8.69. The van der Waals surface area contributed by atoms with Crippen molar-refractivity contribution in [2.45, 2.75) is 25.6 Å². The van der Waals surface area contributed by atoms with Crippen LogP contribution in [0.1, 0.15) is 13.3 Å². The molecule has 3 rings (SSSR count). The molecule has 1 saturated carbocycles. The van der Waals surface area contributed by atoms with Gasteiger partial charge in [0.1, 0.15) is 0 Å². The average molecular weight is 192 g/mol. The van der Waals surface area contributed by atoms with Crippen molar-refractivity contribution in [3.63, 3.8) is 0 Å². The van der Waals surface area contributed by atoms with Crippen LogP contribution in [0.4, 0.5) is 0 Å². The highest BCUT2D eigenvalue weighted by Crippen LogP contribution is 2.56. The Hall–Kier alpha value is -0.600. The molecule has 0 aromatic rings. The number of rotatable bonds is 1. The van der Waals surface area contributed by atoms with Gasteiger partial charge in [0, 0.05) is 5.92 Å². The summed E-state index contributed by atoms with van der Waals surface area (Å²) in [6.45, 7) is 1.80. The van der Waals surface area contributed by atoms with Crippen LogP contribution in [0, 0.1) is 23.7 Å². The van der Waals surface area contributed by atoms with Crippen molar-refractivity contribution in [3.05, 3.63) is 23.8 Å². The first-order chi connectivity index (χ1) is 6.68. The van der Waals surface area contributed by atoms with Crippen LogP contribution < -0.4 is 0 Å². The summed E-state index contributed by atoms with van der Waals surface area (Å²) < 4.78 is 0. The van der Waals surface area contributed by atoms with Crippen molar-refractivity contribution in [3.8, 4) is 0 Å². The minimum absolute atomic E-state index is 0.329. The minimum Gasteiger partial charge on any atom is -0.389 e. The summed E-state index contributed by atoms with van der Waals surface area (Å²) in [5, 5.41) is 19.6. The van der Waals surface area contributed by atoms with Gasteiger partial charge in [-0.3, -0.25) is 0 Å². The number of aliphatic hydroxyl groups excluding tert-OH is 2. The molecule has 1 fully saturated rings. The molecule has 0 aromatic carbocycles. The van der Waals surface area contributed by atoms with E-state index in [1.807, 2.05) is 6.08 Å². The molecule has 2 heteroatoms. The molecule has 0 saturated heterocycles. The van der Waals surface area contributed by atoms with Crippen molar-refractivity contribution in [2.24, 2.45) is 23.7 Å². The maximum Gasteiger partial charge on any atom is 0.0764 e. The number of allylic oxidation sites excluding steroid dienone is 2. The molecule has 0 amide bonds. The zero-order valence-electron chi connectivity index (χ0n) is 8.30. The van der Waals surface area contributed by atoms with Crippen LogP contribution in [0.3, 0.4) is 0 Å². The molecule has 3 aliphatic rings. The molecule has 0 unspecified atom stereocenters. The Balaban J connectivity index is 1.98. The standard InChI is InChI=1S/C12H16O2/c1-6(13)9-5-10(14)12-8-3-2-7(4-8)11(9)12/h2-3,5-8,10-14H,4H2,1H3/t6-,7+,8-,10+,11-,12+/m1/s1. The lowest BCUT2D eigenvalue weighted by atomic mass is 9.80. The van der Waals surface area contributed by atoms with Crippen molar-refractivity contribution in [1.82, 2.24) is 0 Å². The van der Waals surface area contributed by atoms with Crippen LogP contribution in [0.25, 0.3) is 0 Å². The lowest BCUT2D eigenvalue weighted by Gasteiger charge is -2.26. The Morgan fingerprint density at radius 3 is 2.79 bits per heavy atom. The van der Waals surface area contributed by atoms with Gasteiger partial charge in [-0.15, -0.1) is 0 Å². The van der Waals surface area contributed by atoms with Gasteiger partial charge < -0.3 is 10.2 Å². The molecular formula is C12H16O2. The average Bonchev–Trinajstić information content (AvgIpc) is 2.75. The van der Waals surface area contributed by atoms with Gasteiger partial charge in [0.15, 0.2) is 0 Å². The largest absolute Gasteiger partial charge is 0.389 e. The van der Waals surface area contributed by atoms with Gasteiger partial charge in [0.25, 0.3) is 0 Å². The fraction of sp³-hybridized carbons (Fsp3) is 0.667. The molecule has 0 spiro atoms. The zero-order chi connectivity index (χ0) is 9.87. The second-order valence-electron chi connectivity index (χ2n) is 4.88. The molecule has 0 radical (unpaired) electrons. The molecule has 14 heavy (non-hydrogen) atoms. The van der Waals surface area contributed by atoms with Crippen LogP contribution in [0.2, 0.25) is 0 Å². The smallest absolute Gasteiger partial charge is 0.0764 e. The molecule has 76 valence electrons. The summed E-state index contributed by atoms with van der Waals surface area (Å²) in [4.78, 5) is 0. The normalized spacial score (nSPS) is 50.8. The molecule has 2 bridgehead atoms. The Morgan fingerprint density at radius 2 is 2.07 bits per heavy atom. The minimum atomic E-state index is -0.396. The van der Waals surface area contributed by atoms with Crippen LogP contribution in [-0.2, 0) is 0 Å². The van der Waals surface area contributed by atoms with Crippen LogP contribution in [0.15, 0.2) is 23.8 Å². The third kappa shape index (κ3) is 0.931.